The summed E-state index contributed by atoms with van der Waals surface area (Å²) in [5.41, 5.74) is 12.8. The fourth-order valence-electron chi connectivity index (χ4n) is 10.4. The molecule has 0 fully saturated rings. The Morgan fingerprint density at radius 1 is 0.261 bits per heavy atom. The third-order valence-electron chi connectivity index (χ3n) is 13.6. The first-order chi connectivity index (χ1) is 34.2. The Hall–Kier alpha value is -8.48. The molecule has 0 amide bonds. The second kappa shape index (κ2) is 16.1. The molecule has 3 heterocycles. The molecule has 0 N–H and O–H groups in total. The highest BCUT2D eigenvalue weighted by molar-refractivity contribution is 7.26. The van der Waals surface area contributed by atoms with Gasteiger partial charge in [-0.25, -0.2) is 0 Å². The van der Waals surface area contributed by atoms with Gasteiger partial charge >= 0.3 is 0 Å². The van der Waals surface area contributed by atoms with Crippen LogP contribution in [0.1, 0.15) is 0 Å². The molecule has 14 aromatic rings. The number of benzene rings is 11. The Morgan fingerprint density at radius 2 is 0.739 bits per heavy atom. The Kier molecular flexibility index (Phi) is 9.26. The number of thiophene rings is 2. The molecule has 324 valence electrons. The van der Waals surface area contributed by atoms with Gasteiger partial charge in [0.1, 0.15) is 11.2 Å². The van der Waals surface area contributed by atoms with Gasteiger partial charge < -0.3 is 14.2 Å². The monoisotopic (exact) mass is 916 g/mol. The Bertz CT molecular complexity index is 4090. The van der Waals surface area contributed by atoms with Crippen LogP contribution in [0.2, 0.25) is 0 Å². The van der Waals surface area contributed by atoms with Crippen LogP contribution in [-0.2, 0) is 0 Å². The van der Waals surface area contributed by atoms with Crippen molar-refractivity contribution >= 4 is 130 Å². The average molecular weight is 917 g/mol. The standard InChI is InChI=1S/C64H40N2OS2/c1-3-14-46(15-4-1)65(48-29-33-62-55(39-48)53-19-9-11-21-60(53)68-62)50-35-45(36-51(38-50)66(47-16-5-2-6-17-47)49-30-34-63-56(40-49)54-20-10-12-22-61(54)69-63)42-25-23-41(24-26-42)44-28-31-58-57(37-44)64-52-18-8-7-13-43(52)27-32-59(64)67-58/h1-40H. The van der Waals surface area contributed by atoms with Gasteiger partial charge in [-0.05, 0) is 142 Å². The number of furan rings is 1. The predicted octanol–water partition coefficient (Wildman–Crippen LogP) is 19.7. The molecule has 0 aliphatic rings. The largest absolute Gasteiger partial charge is 0.456 e. The third kappa shape index (κ3) is 6.77. The lowest BCUT2D eigenvalue weighted by molar-refractivity contribution is 0.669. The summed E-state index contributed by atoms with van der Waals surface area (Å²) in [5.74, 6) is 0. The van der Waals surface area contributed by atoms with E-state index in [-0.39, 0.29) is 0 Å². The summed E-state index contributed by atoms with van der Waals surface area (Å²) >= 11 is 3.70. The Balaban J connectivity index is 0.964. The van der Waals surface area contributed by atoms with Gasteiger partial charge in [-0.3, -0.25) is 0 Å². The van der Waals surface area contributed by atoms with Crippen molar-refractivity contribution in [1.29, 1.82) is 0 Å². The van der Waals surface area contributed by atoms with E-state index in [2.05, 4.69) is 252 Å². The minimum absolute atomic E-state index is 0.898. The first-order valence-electron chi connectivity index (χ1n) is 23.3. The van der Waals surface area contributed by atoms with E-state index in [1.54, 1.807) is 0 Å². The second-order valence-electron chi connectivity index (χ2n) is 17.7. The molecule has 11 aromatic carbocycles. The maximum atomic E-state index is 6.38. The summed E-state index contributed by atoms with van der Waals surface area (Å²) < 4.78 is 11.5. The fraction of sp³-hybridized carbons (Fsp3) is 0. The van der Waals surface area contributed by atoms with Crippen LogP contribution in [0.3, 0.4) is 0 Å². The molecular weight excluding hydrogens is 877 g/mol. The quantitative estimate of drug-likeness (QED) is 0.151. The van der Waals surface area contributed by atoms with Gasteiger partial charge in [0, 0.05) is 85.2 Å². The van der Waals surface area contributed by atoms with Crippen LogP contribution < -0.4 is 9.80 Å². The Labute approximate surface area is 406 Å². The molecule has 0 radical (unpaired) electrons. The molecular formula is C64H40N2OS2. The number of fused-ring (bicyclic) bond motifs is 11. The normalized spacial score (nSPS) is 11.8. The fourth-order valence-corrected chi connectivity index (χ4v) is 12.5. The number of anilines is 6. The van der Waals surface area contributed by atoms with E-state index >= 15 is 0 Å². The van der Waals surface area contributed by atoms with Crippen molar-refractivity contribution in [2.24, 2.45) is 0 Å². The van der Waals surface area contributed by atoms with Crippen molar-refractivity contribution < 1.29 is 4.42 Å². The van der Waals surface area contributed by atoms with E-state index in [0.29, 0.717) is 0 Å². The van der Waals surface area contributed by atoms with Gasteiger partial charge in [0.05, 0.1) is 0 Å². The van der Waals surface area contributed by atoms with E-state index in [1.807, 2.05) is 22.7 Å². The van der Waals surface area contributed by atoms with Crippen LogP contribution in [-0.4, -0.2) is 0 Å². The van der Waals surface area contributed by atoms with Crippen LogP contribution in [0.4, 0.5) is 34.1 Å². The summed E-state index contributed by atoms with van der Waals surface area (Å²) in [6.07, 6.45) is 0. The van der Waals surface area contributed by atoms with Crippen LogP contribution in [0.15, 0.2) is 247 Å². The van der Waals surface area contributed by atoms with Crippen molar-refractivity contribution in [3.05, 3.63) is 243 Å². The maximum absolute atomic E-state index is 6.38. The van der Waals surface area contributed by atoms with Crippen LogP contribution in [0.25, 0.3) is 95.3 Å². The summed E-state index contributed by atoms with van der Waals surface area (Å²) in [5, 5.41) is 9.79. The van der Waals surface area contributed by atoms with Crippen molar-refractivity contribution in [2.75, 3.05) is 9.80 Å². The number of nitrogens with zero attached hydrogens (tertiary/aromatic N) is 2. The highest BCUT2D eigenvalue weighted by Crippen LogP contribution is 2.47. The Morgan fingerprint density at radius 3 is 1.33 bits per heavy atom. The van der Waals surface area contributed by atoms with E-state index in [4.69, 9.17) is 4.42 Å². The molecule has 5 heteroatoms. The summed E-state index contributed by atoms with van der Waals surface area (Å²) in [6, 6.07) is 88.5. The molecule has 0 aliphatic heterocycles. The highest BCUT2D eigenvalue weighted by Gasteiger charge is 2.22. The van der Waals surface area contributed by atoms with E-state index < -0.39 is 0 Å². The van der Waals surface area contributed by atoms with Crippen molar-refractivity contribution in [3.63, 3.8) is 0 Å². The molecule has 3 aromatic heterocycles. The number of rotatable bonds is 8. The number of para-hydroxylation sites is 2. The smallest absolute Gasteiger partial charge is 0.136 e. The minimum atomic E-state index is 0.898. The predicted molar refractivity (Wildman–Crippen MR) is 297 cm³/mol. The molecule has 0 atom stereocenters. The van der Waals surface area contributed by atoms with Gasteiger partial charge in [0.15, 0.2) is 0 Å². The maximum Gasteiger partial charge on any atom is 0.136 e. The summed E-state index contributed by atoms with van der Waals surface area (Å²) in [6.45, 7) is 0. The molecule has 3 nitrogen and oxygen atoms in total. The molecule has 0 unspecified atom stereocenters. The van der Waals surface area contributed by atoms with Gasteiger partial charge in [-0.1, -0.05) is 133 Å². The van der Waals surface area contributed by atoms with E-state index in [1.165, 1.54) is 51.1 Å². The molecule has 0 aliphatic carbocycles. The summed E-state index contributed by atoms with van der Waals surface area (Å²) in [7, 11) is 0. The van der Waals surface area contributed by atoms with Crippen molar-refractivity contribution in [1.82, 2.24) is 0 Å². The van der Waals surface area contributed by atoms with Crippen molar-refractivity contribution in [3.8, 4) is 22.3 Å². The van der Waals surface area contributed by atoms with Crippen LogP contribution in [0, 0.1) is 0 Å². The molecule has 0 bridgehead atoms. The van der Waals surface area contributed by atoms with Gasteiger partial charge in [-0.15, -0.1) is 22.7 Å². The lowest BCUT2D eigenvalue weighted by Gasteiger charge is -2.30. The topological polar surface area (TPSA) is 19.6 Å². The molecule has 14 rings (SSSR count). The van der Waals surface area contributed by atoms with Gasteiger partial charge in [0.2, 0.25) is 0 Å². The third-order valence-corrected chi connectivity index (χ3v) is 15.9. The molecule has 0 saturated carbocycles. The van der Waals surface area contributed by atoms with Crippen molar-refractivity contribution in [2.45, 2.75) is 0 Å². The average Bonchev–Trinajstić information content (AvgIpc) is 4.10. The first-order valence-corrected chi connectivity index (χ1v) is 24.9. The zero-order valence-corrected chi connectivity index (χ0v) is 38.8. The summed E-state index contributed by atoms with van der Waals surface area (Å²) in [4.78, 5) is 4.83. The van der Waals surface area contributed by atoms with E-state index in [9.17, 15) is 0 Å². The SMILES string of the molecule is c1ccc(N(c2cc(-c3ccc(-c4ccc5oc6ccc7ccccc7c6c5c4)cc3)cc(N(c3ccccc3)c3ccc4sc5ccccc5c4c3)c2)c2ccc3sc4ccccc4c3c2)cc1. The molecule has 69 heavy (non-hydrogen) atoms. The highest BCUT2D eigenvalue weighted by atomic mass is 32.1. The minimum Gasteiger partial charge on any atom is -0.456 e. The zero-order valence-electron chi connectivity index (χ0n) is 37.2. The number of hydrogen-bond acceptors (Lipinski definition) is 5. The van der Waals surface area contributed by atoms with Gasteiger partial charge in [-0.2, -0.15) is 0 Å². The first kappa shape index (κ1) is 39.7. The molecule has 0 spiro atoms. The lowest BCUT2D eigenvalue weighted by atomic mass is 9.97. The zero-order chi connectivity index (χ0) is 45.4. The van der Waals surface area contributed by atoms with Crippen LogP contribution >= 0.6 is 22.7 Å². The van der Waals surface area contributed by atoms with Crippen LogP contribution in [0.5, 0.6) is 0 Å². The lowest BCUT2D eigenvalue weighted by Crippen LogP contribution is -2.13. The van der Waals surface area contributed by atoms with E-state index in [0.717, 1.165) is 78.3 Å². The van der Waals surface area contributed by atoms with Gasteiger partial charge in [0.25, 0.3) is 0 Å². The second-order valence-corrected chi connectivity index (χ2v) is 19.9. The molecule has 0 saturated heterocycles. The number of hydrogen-bond donors (Lipinski definition) is 0.